The molecule has 0 atom stereocenters. The highest BCUT2D eigenvalue weighted by atomic mass is 16.2. The van der Waals surface area contributed by atoms with E-state index in [1.54, 1.807) is 27.6 Å². The third-order valence-corrected chi connectivity index (χ3v) is 5.12. The molecule has 1 aliphatic heterocycles. The molecule has 29 heavy (non-hydrogen) atoms. The molecule has 0 fully saturated rings. The van der Waals surface area contributed by atoms with Crippen molar-refractivity contribution in [3.8, 4) is 0 Å². The lowest BCUT2D eigenvalue weighted by atomic mass is 10.2. The van der Waals surface area contributed by atoms with Crippen LogP contribution in [0.3, 0.4) is 0 Å². The van der Waals surface area contributed by atoms with Crippen molar-refractivity contribution < 1.29 is 9.59 Å². The Labute approximate surface area is 167 Å². The van der Waals surface area contributed by atoms with Crippen LogP contribution in [-0.2, 0) is 6.42 Å². The Hall–Kier alpha value is -3.93. The summed E-state index contributed by atoms with van der Waals surface area (Å²) in [5.74, 6) is -0.379. The van der Waals surface area contributed by atoms with Crippen LogP contribution in [0.4, 0.5) is 11.4 Å². The number of fused-ring (bicyclic) bond motifs is 2. The number of hydrogen-bond acceptors (Lipinski definition) is 3. The smallest absolute Gasteiger partial charge is 0.292 e. The fraction of sp³-hybridized carbons (Fsp3) is 0.0870. The summed E-state index contributed by atoms with van der Waals surface area (Å²) in [4.78, 5) is 32.4. The Bertz CT molecular complexity index is 1230. The first-order chi connectivity index (χ1) is 14.2. The van der Waals surface area contributed by atoms with Crippen molar-refractivity contribution in [1.29, 1.82) is 0 Å². The van der Waals surface area contributed by atoms with Gasteiger partial charge in [-0.05, 0) is 42.3 Å². The van der Waals surface area contributed by atoms with E-state index >= 15 is 0 Å². The van der Waals surface area contributed by atoms with Crippen molar-refractivity contribution in [2.75, 3.05) is 16.8 Å². The average Bonchev–Trinajstić information content (AvgIpc) is 3.36. The predicted octanol–water partition coefficient (Wildman–Crippen LogP) is 3.79. The first-order valence-corrected chi connectivity index (χ1v) is 9.45. The van der Waals surface area contributed by atoms with Crippen LogP contribution in [0.1, 0.15) is 26.7 Å². The van der Waals surface area contributed by atoms with E-state index < -0.39 is 0 Å². The maximum absolute atomic E-state index is 13.3. The Morgan fingerprint density at radius 2 is 1.66 bits per heavy atom. The fourth-order valence-corrected chi connectivity index (χ4v) is 3.74. The predicted molar refractivity (Wildman–Crippen MR) is 111 cm³/mol. The van der Waals surface area contributed by atoms with Gasteiger partial charge in [0.05, 0.1) is 5.52 Å². The minimum absolute atomic E-state index is 0.181. The molecule has 1 aliphatic rings. The van der Waals surface area contributed by atoms with Gasteiger partial charge in [-0.25, -0.2) is 4.98 Å². The van der Waals surface area contributed by atoms with Gasteiger partial charge in [-0.2, -0.15) is 0 Å². The van der Waals surface area contributed by atoms with Crippen LogP contribution in [0.2, 0.25) is 0 Å². The second kappa shape index (κ2) is 6.91. The molecule has 142 valence electrons. The highest BCUT2D eigenvalue weighted by Crippen LogP contribution is 2.29. The SMILES string of the molecule is O=C(Nc1ccccc1)c1nc(C(=O)N2CCc3ccccc32)c2ccccn12. The average molecular weight is 382 g/mol. The number of nitrogens with one attached hydrogen (secondary N) is 1. The number of para-hydroxylation sites is 2. The van der Waals surface area contributed by atoms with Gasteiger partial charge in [0, 0.05) is 24.1 Å². The lowest BCUT2D eigenvalue weighted by molar-refractivity contribution is 0.0986. The van der Waals surface area contributed by atoms with E-state index in [2.05, 4.69) is 10.3 Å². The lowest BCUT2D eigenvalue weighted by Crippen LogP contribution is -2.29. The van der Waals surface area contributed by atoms with Crippen molar-refractivity contribution in [3.63, 3.8) is 0 Å². The first-order valence-electron chi connectivity index (χ1n) is 9.45. The molecule has 0 spiro atoms. The van der Waals surface area contributed by atoms with Crippen LogP contribution >= 0.6 is 0 Å². The van der Waals surface area contributed by atoms with Gasteiger partial charge in [0.2, 0.25) is 5.82 Å². The number of imidazole rings is 1. The normalized spacial score (nSPS) is 12.8. The zero-order valence-corrected chi connectivity index (χ0v) is 15.6. The molecule has 6 heteroatoms. The molecular formula is C23H18N4O2. The van der Waals surface area contributed by atoms with E-state index in [4.69, 9.17) is 0 Å². The maximum atomic E-state index is 13.3. The number of anilines is 2. The Morgan fingerprint density at radius 3 is 2.52 bits per heavy atom. The molecule has 0 aliphatic carbocycles. The Morgan fingerprint density at radius 1 is 0.897 bits per heavy atom. The minimum Gasteiger partial charge on any atom is -0.319 e. The van der Waals surface area contributed by atoms with Crippen LogP contribution in [0.5, 0.6) is 0 Å². The molecule has 0 unspecified atom stereocenters. The van der Waals surface area contributed by atoms with Gasteiger partial charge in [-0.15, -0.1) is 0 Å². The third kappa shape index (κ3) is 2.95. The highest BCUT2D eigenvalue weighted by molar-refractivity contribution is 6.12. The van der Waals surface area contributed by atoms with Crippen molar-refractivity contribution >= 4 is 28.7 Å². The number of nitrogens with zero attached hydrogens (tertiary/aromatic N) is 3. The molecule has 0 saturated heterocycles. The van der Waals surface area contributed by atoms with Gasteiger partial charge in [-0.3, -0.25) is 14.0 Å². The number of benzene rings is 2. The summed E-state index contributed by atoms with van der Waals surface area (Å²) in [5.41, 5.74) is 3.61. The number of amides is 2. The quantitative estimate of drug-likeness (QED) is 0.586. The van der Waals surface area contributed by atoms with Gasteiger partial charge in [0.1, 0.15) is 0 Å². The van der Waals surface area contributed by atoms with Gasteiger partial charge in [0.15, 0.2) is 5.69 Å². The van der Waals surface area contributed by atoms with Crippen LogP contribution in [0.25, 0.3) is 5.52 Å². The summed E-state index contributed by atoms with van der Waals surface area (Å²) in [6, 6.07) is 22.5. The number of hydrogen-bond donors (Lipinski definition) is 1. The van der Waals surface area contributed by atoms with E-state index in [0.717, 1.165) is 17.7 Å². The molecule has 4 aromatic rings. The number of carbonyl (C=O) groups excluding carboxylic acids is 2. The molecular weight excluding hydrogens is 364 g/mol. The Kier molecular flexibility index (Phi) is 4.09. The number of pyridine rings is 1. The maximum Gasteiger partial charge on any atom is 0.292 e. The molecule has 2 amide bonds. The van der Waals surface area contributed by atoms with E-state index in [0.29, 0.717) is 17.7 Å². The van der Waals surface area contributed by atoms with E-state index in [9.17, 15) is 9.59 Å². The van der Waals surface area contributed by atoms with E-state index in [1.165, 1.54) is 0 Å². The van der Waals surface area contributed by atoms with Gasteiger partial charge < -0.3 is 10.2 Å². The summed E-state index contributed by atoms with van der Waals surface area (Å²) in [7, 11) is 0. The summed E-state index contributed by atoms with van der Waals surface area (Å²) in [6.45, 7) is 0.607. The van der Waals surface area contributed by atoms with Crippen LogP contribution in [-0.4, -0.2) is 27.7 Å². The van der Waals surface area contributed by atoms with Crippen molar-refractivity contribution in [1.82, 2.24) is 9.38 Å². The number of aromatic nitrogens is 2. The molecule has 5 rings (SSSR count). The Balaban J connectivity index is 1.54. The zero-order chi connectivity index (χ0) is 19.8. The molecule has 0 radical (unpaired) electrons. The first kappa shape index (κ1) is 17.2. The molecule has 2 aromatic heterocycles. The summed E-state index contributed by atoms with van der Waals surface area (Å²) >= 11 is 0. The monoisotopic (exact) mass is 382 g/mol. The molecule has 0 saturated carbocycles. The van der Waals surface area contributed by atoms with E-state index in [-0.39, 0.29) is 23.3 Å². The molecule has 0 bridgehead atoms. The molecule has 3 heterocycles. The third-order valence-electron chi connectivity index (χ3n) is 5.12. The summed E-state index contributed by atoms with van der Waals surface area (Å²) in [6.07, 6.45) is 2.56. The summed E-state index contributed by atoms with van der Waals surface area (Å²) in [5, 5.41) is 2.84. The second-order valence-electron chi connectivity index (χ2n) is 6.90. The highest BCUT2D eigenvalue weighted by Gasteiger charge is 2.29. The van der Waals surface area contributed by atoms with Crippen molar-refractivity contribution in [2.24, 2.45) is 0 Å². The van der Waals surface area contributed by atoms with Crippen LogP contribution in [0.15, 0.2) is 79.0 Å². The molecule has 6 nitrogen and oxygen atoms in total. The van der Waals surface area contributed by atoms with E-state index in [1.807, 2.05) is 60.7 Å². The van der Waals surface area contributed by atoms with Gasteiger partial charge in [0.25, 0.3) is 11.8 Å². The van der Waals surface area contributed by atoms with Gasteiger partial charge >= 0.3 is 0 Å². The fourth-order valence-electron chi connectivity index (χ4n) is 3.74. The molecule has 1 N–H and O–H groups in total. The van der Waals surface area contributed by atoms with Crippen LogP contribution in [0, 0.1) is 0 Å². The van der Waals surface area contributed by atoms with Crippen molar-refractivity contribution in [3.05, 3.63) is 96.1 Å². The number of rotatable bonds is 3. The number of carbonyl (C=O) groups is 2. The topological polar surface area (TPSA) is 66.7 Å². The summed E-state index contributed by atoms with van der Waals surface area (Å²) < 4.78 is 1.66. The van der Waals surface area contributed by atoms with Crippen LogP contribution < -0.4 is 10.2 Å². The lowest BCUT2D eigenvalue weighted by Gasteiger charge is -2.16. The standard InChI is InChI=1S/C23H18N4O2/c28-22(24-17-9-2-1-3-10-17)21-25-20(19-12-6-7-14-26(19)21)23(29)27-15-13-16-8-4-5-11-18(16)27/h1-12,14H,13,15H2,(H,24,28). The zero-order valence-electron chi connectivity index (χ0n) is 15.6. The minimum atomic E-state index is -0.363. The van der Waals surface area contributed by atoms with Gasteiger partial charge in [-0.1, -0.05) is 42.5 Å². The molecule has 2 aromatic carbocycles. The largest absolute Gasteiger partial charge is 0.319 e. The van der Waals surface area contributed by atoms with Crippen molar-refractivity contribution in [2.45, 2.75) is 6.42 Å². The second-order valence-corrected chi connectivity index (χ2v) is 6.90.